The lowest BCUT2D eigenvalue weighted by Gasteiger charge is -2.42. The Morgan fingerprint density at radius 2 is 1.64 bits per heavy atom. The first-order valence-corrected chi connectivity index (χ1v) is 9.79. The monoisotopic (exact) mass is 420 g/mol. The van der Waals surface area contributed by atoms with Gasteiger partial charge in [0.15, 0.2) is 0 Å². The maximum absolute atomic E-state index is 2.54. The minimum atomic E-state index is 0. The molecule has 0 saturated heterocycles. The van der Waals surface area contributed by atoms with Gasteiger partial charge >= 0.3 is 0 Å². The van der Waals surface area contributed by atoms with Gasteiger partial charge < -0.3 is 26.4 Å². The summed E-state index contributed by atoms with van der Waals surface area (Å²) < 4.78 is 1.10. The second-order valence-corrected chi connectivity index (χ2v) is 8.20. The summed E-state index contributed by atoms with van der Waals surface area (Å²) in [5.41, 5.74) is 4.05. The maximum Gasteiger partial charge on any atom is 0.104 e. The van der Waals surface area contributed by atoms with Crippen LogP contribution in [0.2, 0.25) is 0 Å². The van der Waals surface area contributed by atoms with Crippen molar-refractivity contribution in [1.29, 1.82) is 0 Å². The third-order valence-corrected chi connectivity index (χ3v) is 6.87. The van der Waals surface area contributed by atoms with E-state index in [9.17, 15) is 0 Å². The first kappa shape index (κ1) is 20.3. The molecule has 0 aromatic heterocycles. The molecule has 0 aliphatic carbocycles. The molecule has 2 nitrogen and oxygen atoms in total. The molecule has 0 spiro atoms. The van der Waals surface area contributed by atoms with Gasteiger partial charge in [-0.15, -0.1) is 0 Å². The van der Waals surface area contributed by atoms with Crippen molar-refractivity contribution in [3.8, 4) is 0 Å². The van der Waals surface area contributed by atoms with Crippen LogP contribution in [0.3, 0.4) is 0 Å². The molecule has 4 heteroatoms. The van der Waals surface area contributed by atoms with Crippen LogP contribution >= 0.6 is 11.8 Å². The summed E-state index contributed by atoms with van der Waals surface area (Å²) in [6.07, 6.45) is 0. The predicted octanol–water partition coefficient (Wildman–Crippen LogP) is 2.48. The molecular weight excluding hydrogens is 392 g/mol. The second-order valence-electron chi connectivity index (χ2n) is 7.11. The summed E-state index contributed by atoms with van der Waals surface area (Å²) in [5, 5.41) is 0. The van der Waals surface area contributed by atoms with Crippen molar-refractivity contribution in [2.24, 2.45) is 0 Å². The number of rotatable bonds is 5. The lowest BCUT2D eigenvalue weighted by molar-refractivity contribution is -0.926. The van der Waals surface area contributed by atoms with Crippen LogP contribution in [0.15, 0.2) is 52.3 Å². The number of hydrogen-bond donors (Lipinski definition) is 0. The van der Waals surface area contributed by atoms with Crippen molar-refractivity contribution in [2.75, 3.05) is 31.6 Å². The fourth-order valence-electron chi connectivity index (χ4n) is 3.44. The molecule has 2 aromatic rings. The Kier molecular flexibility index (Phi) is 6.63. The molecule has 0 fully saturated rings. The van der Waals surface area contributed by atoms with E-state index in [1.807, 2.05) is 11.8 Å². The van der Waals surface area contributed by atoms with Gasteiger partial charge in [0, 0.05) is 9.79 Å². The average Bonchev–Trinajstić information content (AvgIpc) is 2.61. The smallest absolute Gasteiger partial charge is 0.104 e. The molecule has 136 valence electrons. The molecule has 25 heavy (non-hydrogen) atoms. The number of quaternary nitrogens is 1. The van der Waals surface area contributed by atoms with E-state index in [-0.39, 0.29) is 17.0 Å². The zero-order chi connectivity index (χ0) is 17.3. The van der Waals surface area contributed by atoms with Crippen LogP contribution in [-0.4, -0.2) is 37.2 Å². The first-order chi connectivity index (χ1) is 11.5. The zero-order valence-electron chi connectivity index (χ0n) is 15.9. The molecule has 1 heterocycles. The van der Waals surface area contributed by atoms with Crippen molar-refractivity contribution < 1.29 is 21.5 Å². The van der Waals surface area contributed by atoms with Gasteiger partial charge in [0.1, 0.15) is 6.04 Å². The highest BCUT2D eigenvalue weighted by Crippen LogP contribution is 2.48. The Hall–Kier alpha value is -0.970. The Morgan fingerprint density at radius 3 is 2.32 bits per heavy atom. The summed E-state index contributed by atoms with van der Waals surface area (Å²) in [4.78, 5) is 5.28. The van der Waals surface area contributed by atoms with E-state index in [1.54, 1.807) is 0 Å². The van der Waals surface area contributed by atoms with Gasteiger partial charge in [-0.3, -0.25) is 0 Å². The van der Waals surface area contributed by atoms with Gasteiger partial charge in [0.05, 0.1) is 38.1 Å². The van der Waals surface area contributed by atoms with Crippen LogP contribution in [0, 0.1) is 6.92 Å². The molecule has 0 N–H and O–H groups in total. The predicted molar refractivity (Wildman–Crippen MR) is 105 cm³/mol. The normalized spacial score (nSPS) is 14.4. The minimum absolute atomic E-state index is 0. The van der Waals surface area contributed by atoms with Gasteiger partial charge in [-0.1, -0.05) is 30.0 Å². The minimum Gasteiger partial charge on any atom is -1.00 e. The lowest BCUT2D eigenvalue weighted by atomic mass is 10.1. The van der Waals surface area contributed by atoms with Crippen molar-refractivity contribution in [2.45, 2.75) is 43.5 Å². The van der Waals surface area contributed by atoms with Crippen molar-refractivity contribution in [3.05, 3.63) is 48.0 Å². The van der Waals surface area contributed by atoms with Crippen LogP contribution in [0.4, 0.5) is 11.4 Å². The Balaban J connectivity index is 0.00000225. The maximum atomic E-state index is 2.54. The zero-order valence-corrected chi connectivity index (χ0v) is 18.3. The third-order valence-electron chi connectivity index (χ3n) is 5.74. The molecule has 0 bridgehead atoms. The molecule has 1 aliphatic heterocycles. The number of hydrogen-bond acceptors (Lipinski definition) is 2. The van der Waals surface area contributed by atoms with Gasteiger partial charge in [-0.2, -0.15) is 0 Å². The number of aryl methyl sites for hydroxylation is 1. The SMILES string of the molecule is CC[N+](C)(CC)C(C)CN1c2ccccc2Sc2ccc(C)cc21.[Br-]. The number of halogens is 1. The third kappa shape index (κ3) is 3.91. The number of likely N-dealkylation sites (N-methyl/N-ethyl adjacent to an activating group) is 1. The fourth-order valence-corrected chi connectivity index (χ4v) is 4.52. The van der Waals surface area contributed by atoms with E-state index in [1.165, 1.54) is 39.8 Å². The van der Waals surface area contributed by atoms with E-state index >= 15 is 0 Å². The van der Waals surface area contributed by atoms with Crippen LogP contribution in [0.5, 0.6) is 0 Å². The van der Waals surface area contributed by atoms with Crippen molar-refractivity contribution in [3.63, 3.8) is 0 Å². The lowest BCUT2D eigenvalue weighted by Crippen LogP contribution is -3.00. The van der Waals surface area contributed by atoms with E-state index < -0.39 is 0 Å². The number of nitrogens with zero attached hydrogens (tertiary/aromatic N) is 2. The summed E-state index contributed by atoms with van der Waals surface area (Å²) >= 11 is 1.89. The number of anilines is 2. The van der Waals surface area contributed by atoms with Crippen LogP contribution in [-0.2, 0) is 0 Å². The van der Waals surface area contributed by atoms with E-state index in [0.29, 0.717) is 6.04 Å². The topological polar surface area (TPSA) is 3.24 Å². The highest BCUT2D eigenvalue weighted by Gasteiger charge is 2.31. The van der Waals surface area contributed by atoms with Gasteiger partial charge in [0.25, 0.3) is 0 Å². The fraction of sp³-hybridized carbons (Fsp3) is 0.429. The highest BCUT2D eigenvalue weighted by atomic mass is 79.9. The number of benzene rings is 2. The number of para-hydroxylation sites is 1. The van der Waals surface area contributed by atoms with Crippen LogP contribution < -0.4 is 21.9 Å². The van der Waals surface area contributed by atoms with Gasteiger partial charge in [-0.25, -0.2) is 0 Å². The Bertz CT molecular complexity index is 728. The standard InChI is InChI=1S/C21H29N2S.BrH/c1-6-23(5,7-2)17(4)15-22-18-10-8-9-11-20(18)24-21-13-12-16(3)14-19(21)22;/h8-14,17H,6-7,15H2,1-5H3;1H/q+1;/p-1. The Labute approximate surface area is 167 Å². The largest absolute Gasteiger partial charge is 1.00 e. The van der Waals surface area contributed by atoms with Crippen LogP contribution in [0.25, 0.3) is 0 Å². The molecule has 2 aromatic carbocycles. The molecule has 0 saturated carbocycles. The van der Waals surface area contributed by atoms with Crippen molar-refractivity contribution in [1.82, 2.24) is 0 Å². The quantitative estimate of drug-likeness (QED) is 0.683. The van der Waals surface area contributed by atoms with Gasteiger partial charge in [0.2, 0.25) is 0 Å². The van der Waals surface area contributed by atoms with Crippen molar-refractivity contribution >= 4 is 23.1 Å². The molecule has 3 rings (SSSR count). The molecule has 0 amide bonds. The summed E-state index contributed by atoms with van der Waals surface area (Å²) in [5.74, 6) is 0. The van der Waals surface area contributed by atoms with E-state index in [0.717, 1.165) is 11.0 Å². The number of fused-ring (bicyclic) bond motifs is 2. The second kappa shape index (κ2) is 8.15. The highest BCUT2D eigenvalue weighted by molar-refractivity contribution is 7.99. The molecule has 1 unspecified atom stereocenters. The van der Waals surface area contributed by atoms with Crippen LogP contribution in [0.1, 0.15) is 26.3 Å². The molecule has 1 aliphatic rings. The van der Waals surface area contributed by atoms with Gasteiger partial charge in [-0.05, 0) is 57.5 Å². The summed E-state index contributed by atoms with van der Waals surface area (Å²) in [6, 6.07) is 16.2. The van der Waals surface area contributed by atoms with E-state index in [2.05, 4.69) is 82.1 Å². The molecule has 0 radical (unpaired) electrons. The summed E-state index contributed by atoms with van der Waals surface area (Å²) in [6.45, 7) is 12.6. The first-order valence-electron chi connectivity index (χ1n) is 8.97. The molecule has 1 atom stereocenters. The average molecular weight is 421 g/mol. The Morgan fingerprint density at radius 1 is 1.00 bits per heavy atom. The van der Waals surface area contributed by atoms with E-state index in [4.69, 9.17) is 0 Å². The molecular formula is C21H29BrN2S. The summed E-state index contributed by atoms with van der Waals surface area (Å²) in [7, 11) is 2.38.